The molecule has 0 aromatic carbocycles. The second kappa shape index (κ2) is 2.52. The van der Waals surface area contributed by atoms with Gasteiger partial charge < -0.3 is 4.74 Å². The van der Waals surface area contributed by atoms with Crippen molar-refractivity contribution in [1.29, 1.82) is 5.41 Å². The zero-order chi connectivity index (χ0) is 5.28. The first-order chi connectivity index (χ1) is 3.29. The maximum Gasteiger partial charge on any atom is 0.289 e. The fraction of sp³-hybridized carbons (Fsp3) is 0.333. The van der Waals surface area contributed by atoms with Crippen molar-refractivity contribution in [1.82, 2.24) is 5.32 Å². The molecule has 5 heteroatoms. The maximum atomic E-state index is 10.1. The van der Waals surface area contributed by atoms with E-state index in [9.17, 15) is 4.79 Å². The third-order valence-corrected chi connectivity index (χ3v) is 0.601. The molecule has 46 valence electrons. The molecule has 4 nitrogen and oxygen atoms in total. The number of amidine groups is 1. The van der Waals surface area contributed by atoms with Crippen LogP contribution in [0.3, 0.4) is 0 Å². The largest absolute Gasteiger partial charge is 0.455 e. The third kappa shape index (κ3) is 1.38. The van der Waals surface area contributed by atoms with E-state index in [0.717, 1.165) is 0 Å². The Hall–Kier alpha value is -0.770. The van der Waals surface area contributed by atoms with Gasteiger partial charge >= 0.3 is 0 Å². The first kappa shape index (κ1) is 7.23. The smallest absolute Gasteiger partial charge is 0.289 e. The van der Waals surface area contributed by atoms with E-state index in [-0.39, 0.29) is 30.9 Å². The van der Waals surface area contributed by atoms with Crippen molar-refractivity contribution in [3.8, 4) is 0 Å². The second-order valence-corrected chi connectivity index (χ2v) is 1.17. The Balaban J connectivity index is 0.000000490. The lowest BCUT2D eigenvalue weighted by atomic mass is 10.7. The summed E-state index contributed by atoms with van der Waals surface area (Å²) < 4.78 is 4.39. The Morgan fingerprint density at radius 1 is 1.75 bits per heavy atom. The highest BCUT2D eigenvalue weighted by molar-refractivity contribution is 5.98. The molecule has 0 spiro atoms. The number of carbonyl (C=O) groups is 1. The van der Waals surface area contributed by atoms with Gasteiger partial charge in [-0.25, -0.2) is 0 Å². The maximum absolute atomic E-state index is 10.1. The summed E-state index contributed by atoms with van der Waals surface area (Å²) in [5, 5.41) is 8.76. The van der Waals surface area contributed by atoms with Crippen molar-refractivity contribution in [2.75, 3.05) is 6.61 Å². The molecular weight excluding hydrogens is 131 g/mol. The number of hydrogen-bond acceptors (Lipinski definition) is 3. The van der Waals surface area contributed by atoms with Crippen LogP contribution in [-0.4, -0.2) is 18.5 Å². The van der Waals surface area contributed by atoms with E-state index in [0.29, 0.717) is 0 Å². The number of carbonyl (C=O) groups excluding carboxylic acids is 1. The van der Waals surface area contributed by atoms with Crippen molar-refractivity contribution in [2.45, 2.75) is 0 Å². The van der Waals surface area contributed by atoms with Crippen LogP contribution in [0.1, 0.15) is 0 Å². The van der Waals surface area contributed by atoms with Crippen LogP contribution >= 0.6 is 12.4 Å². The molecule has 0 aromatic rings. The predicted octanol–water partition coefficient (Wildman–Crippen LogP) is -0.511. The predicted molar refractivity (Wildman–Crippen MR) is 29.1 cm³/mol. The van der Waals surface area contributed by atoms with Gasteiger partial charge in [0.2, 0.25) is 0 Å². The van der Waals surface area contributed by atoms with Gasteiger partial charge in [-0.3, -0.25) is 15.5 Å². The van der Waals surface area contributed by atoms with Gasteiger partial charge in [-0.2, -0.15) is 0 Å². The summed E-state index contributed by atoms with van der Waals surface area (Å²) >= 11 is 0. The molecule has 0 bridgehead atoms. The molecular formula is C3H5ClN2O2. The quantitative estimate of drug-likeness (QED) is 0.471. The highest BCUT2D eigenvalue weighted by Crippen LogP contribution is 1.83. The highest BCUT2D eigenvalue weighted by Gasteiger charge is 2.13. The molecule has 1 saturated heterocycles. The number of hydrogen-bond donors (Lipinski definition) is 2. The molecule has 1 rings (SSSR count). The molecule has 0 atom stereocenters. The lowest BCUT2D eigenvalue weighted by Gasteiger charge is -1.83. The minimum atomic E-state index is -0.245. The number of rotatable bonds is 0. The van der Waals surface area contributed by atoms with Gasteiger partial charge in [0.25, 0.3) is 11.9 Å². The number of amides is 1. The number of ether oxygens (including phenoxy) is 1. The van der Waals surface area contributed by atoms with Crippen molar-refractivity contribution < 1.29 is 9.53 Å². The lowest BCUT2D eigenvalue weighted by Crippen LogP contribution is -2.19. The standard InChI is InChI=1S/C3H4N2O2.ClH/c4-3-5-2(6)1-7-3;/h1H2,(H2,4,5,6);1H. The summed E-state index contributed by atoms with van der Waals surface area (Å²) in [5.74, 6) is -0.245. The average Bonchev–Trinajstić information content (AvgIpc) is 1.87. The molecule has 0 aromatic heterocycles. The van der Waals surface area contributed by atoms with Crippen LogP contribution in [-0.2, 0) is 9.53 Å². The minimum absolute atomic E-state index is 0. The van der Waals surface area contributed by atoms with Gasteiger partial charge in [0, 0.05) is 0 Å². The van der Waals surface area contributed by atoms with Gasteiger partial charge in [0.15, 0.2) is 6.61 Å². The van der Waals surface area contributed by atoms with Crippen molar-refractivity contribution in [3.05, 3.63) is 0 Å². The van der Waals surface area contributed by atoms with E-state index in [1.807, 2.05) is 0 Å². The second-order valence-electron chi connectivity index (χ2n) is 1.17. The van der Waals surface area contributed by atoms with E-state index >= 15 is 0 Å². The molecule has 0 saturated carbocycles. The van der Waals surface area contributed by atoms with Crippen molar-refractivity contribution in [3.63, 3.8) is 0 Å². The van der Waals surface area contributed by atoms with E-state index in [1.54, 1.807) is 0 Å². The molecule has 0 radical (unpaired) electrons. The Kier molecular flexibility index (Phi) is 2.27. The van der Waals surface area contributed by atoms with Crippen LogP contribution in [0.25, 0.3) is 0 Å². The highest BCUT2D eigenvalue weighted by atomic mass is 35.5. The Morgan fingerprint density at radius 3 is 2.50 bits per heavy atom. The van der Waals surface area contributed by atoms with Crippen LogP contribution in [0.15, 0.2) is 0 Å². The van der Waals surface area contributed by atoms with E-state index in [1.165, 1.54) is 0 Å². The number of nitrogens with one attached hydrogen (secondary N) is 2. The first-order valence-corrected chi connectivity index (χ1v) is 1.80. The molecule has 1 aliphatic heterocycles. The minimum Gasteiger partial charge on any atom is -0.455 e. The Morgan fingerprint density at radius 2 is 2.38 bits per heavy atom. The number of halogens is 1. The summed E-state index contributed by atoms with van der Waals surface area (Å²) in [5.41, 5.74) is 0. The zero-order valence-electron chi connectivity index (χ0n) is 3.93. The van der Waals surface area contributed by atoms with E-state index < -0.39 is 0 Å². The van der Waals surface area contributed by atoms with Crippen molar-refractivity contribution >= 4 is 24.3 Å². The van der Waals surface area contributed by atoms with Gasteiger partial charge in [-0.15, -0.1) is 12.4 Å². The Labute approximate surface area is 52.1 Å². The molecule has 1 aliphatic rings. The SMILES string of the molecule is Cl.N=C1NC(=O)CO1. The Bertz CT molecular complexity index is 110. The lowest BCUT2D eigenvalue weighted by molar-refractivity contribution is -0.119. The van der Waals surface area contributed by atoms with Gasteiger partial charge in [-0.05, 0) is 0 Å². The average molecular weight is 137 g/mol. The topological polar surface area (TPSA) is 62.2 Å². The summed E-state index contributed by atoms with van der Waals surface area (Å²) in [6, 6.07) is -0.148. The molecule has 8 heavy (non-hydrogen) atoms. The van der Waals surface area contributed by atoms with Gasteiger partial charge in [-0.1, -0.05) is 0 Å². The van der Waals surface area contributed by atoms with Crippen LogP contribution in [0.4, 0.5) is 0 Å². The van der Waals surface area contributed by atoms with Crippen molar-refractivity contribution in [2.24, 2.45) is 0 Å². The van der Waals surface area contributed by atoms with E-state index in [2.05, 4.69) is 10.1 Å². The summed E-state index contributed by atoms with van der Waals surface area (Å²) in [6.45, 7) is -0.00116. The zero-order valence-corrected chi connectivity index (χ0v) is 4.75. The van der Waals surface area contributed by atoms with Crippen LogP contribution in [0.2, 0.25) is 0 Å². The van der Waals surface area contributed by atoms with E-state index in [4.69, 9.17) is 5.41 Å². The first-order valence-electron chi connectivity index (χ1n) is 1.80. The molecule has 1 heterocycles. The fourth-order valence-corrected chi connectivity index (χ4v) is 0.337. The van der Waals surface area contributed by atoms with Crippen LogP contribution in [0.5, 0.6) is 0 Å². The summed E-state index contributed by atoms with van der Waals surface area (Å²) in [6.07, 6.45) is 0. The van der Waals surface area contributed by atoms with Gasteiger partial charge in [0.05, 0.1) is 0 Å². The fourth-order valence-electron chi connectivity index (χ4n) is 0.337. The monoisotopic (exact) mass is 136 g/mol. The molecule has 0 unspecified atom stereocenters. The summed E-state index contributed by atoms with van der Waals surface area (Å²) in [7, 11) is 0. The molecule has 0 aliphatic carbocycles. The van der Waals surface area contributed by atoms with Gasteiger partial charge in [0.1, 0.15) is 0 Å². The van der Waals surface area contributed by atoms with Crippen LogP contribution in [0, 0.1) is 5.41 Å². The normalized spacial score (nSPS) is 16.5. The molecule has 1 fully saturated rings. The summed E-state index contributed by atoms with van der Waals surface area (Å²) in [4.78, 5) is 10.1. The van der Waals surface area contributed by atoms with Crippen LogP contribution < -0.4 is 5.32 Å². The molecule has 1 amide bonds. The third-order valence-electron chi connectivity index (χ3n) is 0.601. The molecule has 2 N–H and O–H groups in total.